The highest BCUT2D eigenvalue weighted by molar-refractivity contribution is 5.73. The average Bonchev–Trinajstić information content (AvgIpc) is 2.83. The van der Waals surface area contributed by atoms with E-state index in [0.717, 1.165) is 6.92 Å². The molecule has 0 spiro atoms. The summed E-state index contributed by atoms with van der Waals surface area (Å²) >= 11 is 0. The van der Waals surface area contributed by atoms with Crippen LogP contribution in [0.25, 0.3) is 0 Å². The number of hydrogen-bond acceptors (Lipinski definition) is 15. The van der Waals surface area contributed by atoms with Crippen molar-refractivity contribution in [2.24, 2.45) is 0 Å². The van der Waals surface area contributed by atoms with Crippen LogP contribution in [0, 0.1) is 0 Å². The summed E-state index contributed by atoms with van der Waals surface area (Å²) in [5.41, 5.74) is 0. The topological polar surface area (TPSA) is 257 Å². The Labute approximate surface area is 205 Å². The van der Waals surface area contributed by atoms with Gasteiger partial charge in [-0.05, 0) is 6.92 Å². The minimum atomic E-state index is -1.81. The molecule has 0 radical (unpaired) electrons. The molecule has 3 aliphatic rings. The van der Waals surface area contributed by atoms with Crippen LogP contribution in [-0.4, -0.2) is 157 Å². The van der Waals surface area contributed by atoms with Gasteiger partial charge in [-0.25, -0.2) is 0 Å². The molecule has 0 bridgehead atoms. The monoisotopic (exact) mass is 529 g/mol. The van der Waals surface area contributed by atoms with Crippen molar-refractivity contribution in [1.82, 2.24) is 5.32 Å². The zero-order valence-electron chi connectivity index (χ0n) is 19.5. The van der Waals surface area contributed by atoms with Gasteiger partial charge in [0.05, 0.1) is 19.3 Å². The Balaban J connectivity index is 1.77. The smallest absolute Gasteiger partial charge is 0.217 e. The molecular formula is C20H35NO15. The second-order valence-electron chi connectivity index (χ2n) is 9.05. The third-order valence-corrected chi connectivity index (χ3v) is 6.46. The number of aliphatic hydroxyl groups is 9. The number of carbonyl (C=O) groups is 1. The van der Waals surface area contributed by atoms with Gasteiger partial charge in [0.15, 0.2) is 18.9 Å². The van der Waals surface area contributed by atoms with E-state index in [2.05, 4.69) is 5.32 Å². The number of hydrogen-bond donors (Lipinski definition) is 10. The molecule has 36 heavy (non-hydrogen) atoms. The Hall–Kier alpha value is -1.09. The summed E-state index contributed by atoms with van der Waals surface area (Å²) in [6.45, 7) is 1.09. The van der Waals surface area contributed by atoms with E-state index in [0.29, 0.717) is 0 Å². The molecule has 1 amide bonds. The van der Waals surface area contributed by atoms with Gasteiger partial charge >= 0.3 is 0 Å². The molecule has 3 saturated heterocycles. The van der Waals surface area contributed by atoms with Crippen molar-refractivity contribution in [3.63, 3.8) is 0 Å². The van der Waals surface area contributed by atoms with Gasteiger partial charge in [-0.15, -0.1) is 0 Å². The maximum atomic E-state index is 11.5. The van der Waals surface area contributed by atoms with Crippen molar-refractivity contribution in [3.8, 4) is 0 Å². The second-order valence-corrected chi connectivity index (χ2v) is 9.05. The molecule has 10 N–H and O–H groups in total. The SMILES string of the molecule is CC(=O)N[C@@H]1[C@@H](O)[C@H](O[C@@H]2O[C@@H](C)[C@@H](O)[C@@H](O[C@@H]3O[C@H](CO)[C@H](O)[C@H](O)[C@H]3O)[C@@H]2O)[C@@H](CO)O[C@H]1O. The Kier molecular flexibility index (Phi) is 9.97. The van der Waals surface area contributed by atoms with Gasteiger partial charge in [-0.3, -0.25) is 4.79 Å². The van der Waals surface area contributed by atoms with Crippen LogP contribution >= 0.6 is 0 Å². The lowest BCUT2D eigenvalue weighted by atomic mass is 9.95. The van der Waals surface area contributed by atoms with Crippen molar-refractivity contribution in [3.05, 3.63) is 0 Å². The van der Waals surface area contributed by atoms with E-state index in [4.69, 9.17) is 23.7 Å². The van der Waals surface area contributed by atoms with Crippen molar-refractivity contribution in [2.75, 3.05) is 13.2 Å². The standard InChI is InChI=1S/C20H35NO15/c1-5-10(25)17(36-19-14(29)13(28)11(26)7(3-22)34-19)15(30)20(32-5)35-16-8(4-23)33-18(31)9(12(16)27)21-6(2)24/h5,7-20,22-23,25-31H,3-4H2,1-2H3,(H,21,24)/t5-,7+,8+,9+,10+,11-,12+,13-,14+,15-,16+,17+,18+,19-,20-/m0/s1. The van der Waals surface area contributed by atoms with E-state index in [1.54, 1.807) is 0 Å². The highest BCUT2D eigenvalue weighted by atomic mass is 16.7. The van der Waals surface area contributed by atoms with Crippen molar-refractivity contribution in [2.45, 2.75) is 106 Å². The minimum absolute atomic E-state index is 0.596. The summed E-state index contributed by atoms with van der Waals surface area (Å²) in [5.74, 6) is -0.596. The predicted molar refractivity (Wildman–Crippen MR) is 111 cm³/mol. The van der Waals surface area contributed by atoms with Gasteiger partial charge in [0.2, 0.25) is 5.91 Å². The number of amides is 1. The van der Waals surface area contributed by atoms with Crippen LogP contribution < -0.4 is 5.32 Å². The molecule has 3 heterocycles. The van der Waals surface area contributed by atoms with Gasteiger partial charge in [-0.1, -0.05) is 0 Å². The van der Waals surface area contributed by atoms with Crippen LogP contribution in [0.5, 0.6) is 0 Å². The molecule has 0 unspecified atom stereocenters. The average molecular weight is 529 g/mol. The first kappa shape index (κ1) is 29.5. The molecule has 210 valence electrons. The third kappa shape index (κ3) is 5.97. The van der Waals surface area contributed by atoms with Gasteiger partial charge in [0.1, 0.15) is 67.1 Å². The molecule has 3 aliphatic heterocycles. The normalized spacial score (nSPS) is 50.0. The fourth-order valence-electron chi connectivity index (χ4n) is 4.40. The molecule has 0 saturated carbocycles. The second kappa shape index (κ2) is 12.2. The maximum absolute atomic E-state index is 11.5. The van der Waals surface area contributed by atoms with Gasteiger partial charge in [0, 0.05) is 6.92 Å². The molecule has 0 aromatic rings. The fraction of sp³-hybridized carbons (Fsp3) is 0.950. The lowest BCUT2D eigenvalue weighted by molar-refractivity contribution is -0.372. The molecule has 3 fully saturated rings. The molecule has 0 aromatic heterocycles. The molecular weight excluding hydrogens is 494 g/mol. The first-order chi connectivity index (χ1) is 16.9. The number of aliphatic hydroxyl groups excluding tert-OH is 9. The van der Waals surface area contributed by atoms with Gasteiger partial charge in [-0.2, -0.15) is 0 Å². The summed E-state index contributed by atoms with van der Waals surface area (Å²) in [7, 11) is 0. The molecule has 0 aliphatic carbocycles. The minimum Gasteiger partial charge on any atom is -0.394 e. The summed E-state index contributed by atoms with van der Waals surface area (Å²) in [5, 5.41) is 93.7. The van der Waals surface area contributed by atoms with E-state index in [-0.39, 0.29) is 0 Å². The number of ether oxygens (including phenoxy) is 5. The van der Waals surface area contributed by atoms with Crippen LogP contribution in [0.15, 0.2) is 0 Å². The van der Waals surface area contributed by atoms with E-state index >= 15 is 0 Å². The van der Waals surface area contributed by atoms with Crippen molar-refractivity contribution >= 4 is 5.91 Å². The van der Waals surface area contributed by atoms with Gasteiger partial charge in [0.25, 0.3) is 0 Å². The molecule has 3 rings (SSSR count). The molecule has 15 atom stereocenters. The summed E-state index contributed by atoms with van der Waals surface area (Å²) in [6.07, 6.45) is -21.8. The fourth-order valence-corrected chi connectivity index (χ4v) is 4.40. The maximum Gasteiger partial charge on any atom is 0.217 e. The van der Waals surface area contributed by atoms with E-state index in [1.165, 1.54) is 6.92 Å². The molecule has 16 nitrogen and oxygen atoms in total. The first-order valence-electron chi connectivity index (χ1n) is 11.4. The summed E-state index contributed by atoms with van der Waals surface area (Å²) in [4.78, 5) is 11.5. The largest absolute Gasteiger partial charge is 0.394 e. The molecule has 16 heteroatoms. The van der Waals surface area contributed by atoms with Crippen LogP contribution in [0.2, 0.25) is 0 Å². The Morgan fingerprint density at radius 3 is 1.89 bits per heavy atom. The lowest BCUT2D eigenvalue weighted by Gasteiger charge is -2.48. The molecule has 0 aromatic carbocycles. The van der Waals surface area contributed by atoms with Crippen LogP contribution in [-0.2, 0) is 28.5 Å². The Morgan fingerprint density at radius 1 is 0.722 bits per heavy atom. The number of rotatable bonds is 7. The zero-order valence-corrected chi connectivity index (χ0v) is 19.5. The van der Waals surface area contributed by atoms with Crippen LogP contribution in [0.3, 0.4) is 0 Å². The third-order valence-electron chi connectivity index (χ3n) is 6.46. The van der Waals surface area contributed by atoms with Crippen LogP contribution in [0.1, 0.15) is 13.8 Å². The summed E-state index contributed by atoms with van der Waals surface area (Å²) < 4.78 is 27.2. The summed E-state index contributed by atoms with van der Waals surface area (Å²) in [6, 6.07) is -1.35. The zero-order chi connectivity index (χ0) is 26.9. The van der Waals surface area contributed by atoms with E-state index < -0.39 is 111 Å². The Morgan fingerprint density at radius 2 is 1.31 bits per heavy atom. The van der Waals surface area contributed by atoms with E-state index in [1.807, 2.05) is 0 Å². The van der Waals surface area contributed by atoms with E-state index in [9.17, 15) is 50.8 Å². The number of nitrogens with one attached hydrogen (secondary N) is 1. The van der Waals surface area contributed by atoms with Crippen LogP contribution in [0.4, 0.5) is 0 Å². The number of carbonyl (C=O) groups excluding carboxylic acids is 1. The van der Waals surface area contributed by atoms with Gasteiger partial charge < -0.3 is 75.0 Å². The van der Waals surface area contributed by atoms with Crippen molar-refractivity contribution in [1.29, 1.82) is 0 Å². The lowest BCUT2D eigenvalue weighted by Crippen LogP contribution is -2.67. The van der Waals surface area contributed by atoms with Crippen molar-refractivity contribution < 1.29 is 74.4 Å². The first-order valence-corrected chi connectivity index (χ1v) is 11.4. The quantitative estimate of drug-likeness (QED) is 0.147. The Bertz CT molecular complexity index is 729. The highest BCUT2D eigenvalue weighted by Crippen LogP contribution is 2.32. The highest BCUT2D eigenvalue weighted by Gasteiger charge is 2.53. The predicted octanol–water partition coefficient (Wildman–Crippen LogP) is -6.40.